The van der Waals surface area contributed by atoms with Crippen molar-refractivity contribution in [1.29, 1.82) is 5.26 Å². The molecule has 0 aliphatic heterocycles. The number of nitrogens with two attached hydrogens (primary N) is 1. The van der Waals surface area contributed by atoms with Crippen molar-refractivity contribution in [3.8, 4) is 11.8 Å². The van der Waals surface area contributed by atoms with Crippen molar-refractivity contribution < 1.29 is 0 Å². The van der Waals surface area contributed by atoms with Gasteiger partial charge in [0.1, 0.15) is 0 Å². The van der Waals surface area contributed by atoms with Gasteiger partial charge in [-0.15, -0.1) is 5.10 Å². The van der Waals surface area contributed by atoms with Crippen molar-refractivity contribution in [1.82, 2.24) is 14.8 Å². The summed E-state index contributed by atoms with van der Waals surface area (Å²) < 4.78 is 2.08. The smallest absolute Gasteiger partial charge is 0.225 e. The first-order chi connectivity index (χ1) is 7.72. The number of aromatic amines is 1. The molecule has 6 heteroatoms. The van der Waals surface area contributed by atoms with E-state index in [0.717, 1.165) is 11.3 Å². The molecule has 1 aromatic heterocycles. The summed E-state index contributed by atoms with van der Waals surface area (Å²) in [6.45, 7) is 0. The molecule has 5 nitrogen and oxygen atoms in total. The lowest BCUT2D eigenvalue weighted by Gasteiger charge is -2.03. The average molecular weight is 231 g/mol. The Bertz CT molecular complexity index is 587. The molecule has 0 saturated heterocycles. The van der Waals surface area contributed by atoms with E-state index in [2.05, 4.69) is 16.3 Å². The van der Waals surface area contributed by atoms with Crippen LogP contribution >= 0.6 is 12.2 Å². The minimum atomic E-state index is 0.318. The molecule has 0 atom stereocenters. The van der Waals surface area contributed by atoms with Gasteiger partial charge < -0.3 is 5.73 Å². The second kappa shape index (κ2) is 4.16. The molecule has 0 aliphatic rings. The van der Waals surface area contributed by atoms with Gasteiger partial charge in [-0.25, -0.2) is 5.10 Å². The van der Waals surface area contributed by atoms with Crippen LogP contribution in [0, 0.1) is 16.1 Å². The van der Waals surface area contributed by atoms with Crippen molar-refractivity contribution >= 4 is 18.2 Å². The van der Waals surface area contributed by atoms with Crippen LogP contribution in [0.1, 0.15) is 5.56 Å². The predicted molar refractivity (Wildman–Crippen MR) is 62.5 cm³/mol. The minimum Gasteiger partial charge on any atom is -0.368 e. The molecule has 2 rings (SSSR count). The zero-order valence-electron chi connectivity index (χ0n) is 8.34. The Kier molecular flexibility index (Phi) is 2.70. The Labute approximate surface area is 97.1 Å². The quantitative estimate of drug-likeness (QED) is 0.768. The Hall–Kier alpha value is -2.13. The molecule has 1 aromatic carbocycles. The molecule has 0 unspecified atom stereocenters. The zero-order chi connectivity index (χ0) is 11.5. The van der Waals surface area contributed by atoms with Crippen molar-refractivity contribution in [2.75, 3.05) is 5.73 Å². The molecule has 0 radical (unpaired) electrons. The standard InChI is InChI=1S/C10H9N5S/c11-6-5-7-1-3-8(4-2-7)15-9(12)13-14-10(15)16/h1-4H,5H2,(H2,12,13)(H,14,16). The fourth-order valence-electron chi connectivity index (χ4n) is 1.41. The highest BCUT2D eigenvalue weighted by atomic mass is 32.1. The molecule has 0 amide bonds. The Morgan fingerprint density at radius 1 is 1.44 bits per heavy atom. The number of nitrogen functional groups attached to an aromatic ring is 1. The van der Waals surface area contributed by atoms with E-state index in [4.69, 9.17) is 23.2 Å². The molecule has 0 fully saturated rings. The summed E-state index contributed by atoms with van der Waals surface area (Å²) in [5.74, 6) is 0.318. The van der Waals surface area contributed by atoms with Gasteiger partial charge in [0.05, 0.1) is 18.2 Å². The van der Waals surface area contributed by atoms with E-state index in [1.165, 1.54) is 0 Å². The monoisotopic (exact) mass is 231 g/mol. The highest BCUT2D eigenvalue weighted by Gasteiger charge is 2.04. The lowest BCUT2D eigenvalue weighted by Crippen LogP contribution is -2.00. The summed E-state index contributed by atoms with van der Waals surface area (Å²) in [6.07, 6.45) is 0.395. The molecule has 0 spiro atoms. The average Bonchev–Trinajstić information content (AvgIpc) is 2.61. The normalized spacial score (nSPS) is 9.94. The number of nitrogens with zero attached hydrogens (tertiary/aromatic N) is 3. The van der Waals surface area contributed by atoms with Crippen LogP contribution in [0.15, 0.2) is 24.3 Å². The fourth-order valence-corrected chi connectivity index (χ4v) is 1.66. The summed E-state index contributed by atoms with van der Waals surface area (Å²) in [5.41, 5.74) is 7.46. The van der Waals surface area contributed by atoms with Crippen molar-refractivity contribution in [3.63, 3.8) is 0 Å². The van der Waals surface area contributed by atoms with Gasteiger partial charge in [-0.1, -0.05) is 12.1 Å². The summed E-state index contributed by atoms with van der Waals surface area (Å²) in [6, 6.07) is 9.54. The maximum absolute atomic E-state index is 8.55. The van der Waals surface area contributed by atoms with Gasteiger partial charge in [-0.05, 0) is 29.9 Å². The highest BCUT2D eigenvalue weighted by molar-refractivity contribution is 7.71. The Morgan fingerprint density at radius 3 is 2.62 bits per heavy atom. The molecule has 80 valence electrons. The van der Waals surface area contributed by atoms with Gasteiger partial charge in [-0.2, -0.15) is 5.26 Å². The molecule has 0 bridgehead atoms. The number of benzene rings is 1. The number of aromatic nitrogens is 3. The van der Waals surface area contributed by atoms with Crippen LogP contribution < -0.4 is 5.73 Å². The summed E-state index contributed by atoms with van der Waals surface area (Å²) in [7, 11) is 0. The Morgan fingerprint density at radius 2 is 2.12 bits per heavy atom. The summed E-state index contributed by atoms with van der Waals surface area (Å²) >= 11 is 5.05. The Balaban J connectivity index is 2.43. The van der Waals surface area contributed by atoms with E-state index in [0.29, 0.717) is 17.1 Å². The summed E-state index contributed by atoms with van der Waals surface area (Å²) in [5, 5.41) is 15.0. The van der Waals surface area contributed by atoms with Crippen LogP contribution in [0.25, 0.3) is 5.69 Å². The van der Waals surface area contributed by atoms with Gasteiger partial charge in [0.2, 0.25) is 10.7 Å². The zero-order valence-corrected chi connectivity index (χ0v) is 9.16. The molecule has 0 aliphatic carbocycles. The third kappa shape index (κ3) is 1.81. The molecule has 0 saturated carbocycles. The first-order valence-electron chi connectivity index (χ1n) is 4.61. The van der Waals surface area contributed by atoms with Crippen molar-refractivity contribution in [2.45, 2.75) is 6.42 Å². The first kappa shape index (κ1) is 10.4. The molecule has 2 aromatic rings. The lowest BCUT2D eigenvalue weighted by atomic mass is 10.1. The number of nitriles is 1. The van der Waals surface area contributed by atoms with Crippen LogP contribution in [0.4, 0.5) is 5.95 Å². The molecular weight excluding hydrogens is 222 g/mol. The predicted octanol–water partition coefficient (Wildman–Crippen LogP) is 1.58. The van der Waals surface area contributed by atoms with Gasteiger partial charge in [0.15, 0.2) is 0 Å². The van der Waals surface area contributed by atoms with E-state index < -0.39 is 0 Å². The number of nitrogens with one attached hydrogen (secondary N) is 1. The van der Waals surface area contributed by atoms with E-state index in [1.54, 1.807) is 4.57 Å². The van der Waals surface area contributed by atoms with Crippen molar-refractivity contribution in [2.24, 2.45) is 0 Å². The molecule has 16 heavy (non-hydrogen) atoms. The largest absolute Gasteiger partial charge is 0.368 e. The van der Waals surface area contributed by atoms with E-state index in [9.17, 15) is 0 Å². The topological polar surface area (TPSA) is 83.4 Å². The molecule has 3 N–H and O–H groups in total. The van der Waals surface area contributed by atoms with Crippen LogP contribution in [0.3, 0.4) is 0 Å². The molecule has 1 heterocycles. The number of anilines is 1. The van der Waals surface area contributed by atoms with Crippen molar-refractivity contribution in [3.05, 3.63) is 34.6 Å². The fraction of sp³-hybridized carbons (Fsp3) is 0.100. The van der Waals surface area contributed by atoms with Gasteiger partial charge in [0, 0.05) is 0 Å². The van der Waals surface area contributed by atoms with E-state index >= 15 is 0 Å². The number of hydrogen-bond donors (Lipinski definition) is 2. The number of H-pyrrole nitrogens is 1. The minimum absolute atomic E-state index is 0.318. The van der Waals surface area contributed by atoms with Crippen LogP contribution in [-0.2, 0) is 6.42 Å². The second-order valence-electron chi connectivity index (χ2n) is 3.22. The highest BCUT2D eigenvalue weighted by Crippen LogP contribution is 2.13. The first-order valence-corrected chi connectivity index (χ1v) is 5.02. The maximum Gasteiger partial charge on any atom is 0.225 e. The molecular formula is C10H9N5S. The second-order valence-corrected chi connectivity index (χ2v) is 3.61. The maximum atomic E-state index is 8.55. The third-order valence-corrected chi connectivity index (χ3v) is 2.45. The van der Waals surface area contributed by atoms with Gasteiger partial charge in [-0.3, -0.25) is 4.57 Å². The van der Waals surface area contributed by atoms with Crippen LogP contribution in [0.5, 0.6) is 0 Å². The third-order valence-electron chi connectivity index (χ3n) is 2.18. The van der Waals surface area contributed by atoms with E-state index in [-0.39, 0.29) is 0 Å². The lowest BCUT2D eigenvalue weighted by molar-refractivity contribution is 1.03. The number of rotatable bonds is 2. The van der Waals surface area contributed by atoms with Gasteiger partial charge in [0.25, 0.3) is 0 Å². The van der Waals surface area contributed by atoms with Crippen LogP contribution in [-0.4, -0.2) is 14.8 Å². The number of hydrogen-bond acceptors (Lipinski definition) is 4. The SMILES string of the molecule is N#CCc1ccc(-n2c(N)n[nH]c2=S)cc1. The van der Waals surface area contributed by atoms with Crippen LogP contribution in [0.2, 0.25) is 0 Å². The van der Waals surface area contributed by atoms with Gasteiger partial charge >= 0.3 is 0 Å². The van der Waals surface area contributed by atoms with E-state index in [1.807, 2.05) is 24.3 Å². The summed E-state index contributed by atoms with van der Waals surface area (Å²) in [4.78, 5) is 0.